The highest BCUT2D eigenvalue weighted by atomic mass is 79.9. The normalized spacial score (nSPS) is 14.1. The molecule has 0 saturated carbocycles. The van der Waals surface area contributed by atoms with E-state index in [1.54, 1.807) is 6.07 Å². The minimum absolute atomic E-state index is 0.0640. The molecule has 0 radical (unpaired) electrons. The van der Waals surface area contributed by atoms with Gasteiger partial charge in [0.05, 0.1) is 29.6 Å². The van der Waals surface area contributed by atoms with Crippen molar-refractivity contribution in [3.63, 3.8) is 0 Å². The topological polar surface area (TPSA) is 99.5 Å². The molecule has 158 valence electrons. The number of halogens is 2. The molecule has 0 aromatic heterocycles. The van der Waals surface area contributed by atoms with Crippen LogP contribution in [0.5, 0.6) is 0 Å². The fraction of sp³-hybridized carbons (Fsp3) is 0.300. The summed E-state index contributed by atoms with van der Waals surface area (Å²) in [7, 11) is -2.97. The molecular formula is C20H19BrFN3O4S. The van der Waals surface area contributed by atoms with E-state index < -0.39 is 21.8 Å². The molecule has 3 rings (SSSR count). The average Bonchev–Trinajstić information content (AvgIpc) is 2.74. The summed E-state index contributed by atoms with van der Waals surface area (Å²) in [6.45, 7) is 1.31. The van der Waals surface area contributed by atoms with Gasteiger partial charge in [0.25, 0.3) is 10.0 Å². The van der Waals surface area contributed by atoms with E-state index in [2.05, 4.69) is 25.4 Å². The van der Waals surface area contributed by atoms with Gasteiger partial charge in [-0.05, 0) is 59.5 Å². The van der Waals surface area contributed by atoms with Crippen LogP contribution < -0.4 is 9.62 Å². The number of hydrogen-bond acceptors (Lipinski definition) is 6. The molecule has 0 atom stereocenters. The predicted octanol–water partition coefficient (Wildman–Crippen LogP) is 4.04. The Bertz CT molecular complexity index is 1130. The van der Waals surface area contributed by atoms with Gasteiger partial charge in [-0.3, -0.25) is 4.72 Å². The zero-order valence-electron chi connectivity index (χ0n) is 16.1. The number of nitriles is 1. The molecule has 0 unspecified atom stereocenters. The summed E-state index contributed by atoms with van der Waals surface area (Å²) in [5.74, 6) is -1.39. The van der Waals surface area contributed by atoms with Crippen LogP contribution in [-0.2, 0) is 14.8 Å². The van der Waals surface area contributed by atoms with Gasteiger partial charge in [-0.25, -0.2) is 17.6 Å². The summed E-state index contributed by atoms with van der Waals surface area (Å²) in [5.41, 5.74) is 0.269. The molecule has 1 heterocycles. The monoisotopic (exact) mass is 495 g/mol. The van der Waals surface area contributed by atoms with Crippen molar-refractivity contribution in [2.24, 2.45) is 0 Å². The third kappa shape index (κ3) is 4.57. The van der Waals surface area contributed by atoms with E-state index in [9.17, 15) is 22.9 Å². The molecule has 2 aromatic rings. The van der Waals surface area contributed by atoms with E-state index in [0.717, 1.165) is 19.3 Å². The van der Waals surface area contributed by atoms with E-state index in [1.807, 2.05) is 4.90 Å². The second-order valence-electron chi connectivity index (χ2n) is 6.75. The number of carbonyl (C=O) groups is 1. The van der Waals surface area contributed by atoms with E-state index >= 15 is 0 Å². The number of esters is 1. The Hall–Kier alpha value is -2.64. The minimum Gasteiger partial charge on any atom is -0.465 e. The lowest BCUT2D eigenvalue weighted by Crippen LogP contribution is -2.30. The van der Waals surface area contributed by atoms with Gasteiger partial charge >= 0.3 is 5.97 Å². The van der Waals surface area contributed by atoms with Crippen molar-refractivity contribution in [2.45, 2.75) is 24.2 Å². The van der Waals surface area contributed by atoms with Crippen LogP contribution in [0, 0.1) is 17.1 Å². The van der Waals surface area contributed by atoms with Gasteiger partial charge in [0.15, 0.2) is 0 Å². The largest absolute Gasteiger partial charge is 0.465 e. The van der Waals surface area contributed by atoms with Crippen molar-refractivity contribution in [1.82, 2.24) is 0 Å². The van der Waals surface area contributed by atoms with E-state index in [1.165, 1.54) is 37.4 Å². The molecule has 1 saturated heterocycles. The third-order valence-corrected chi connectivity index (χ3v) is 7.15. The molecule has 1 fully saturated rings. The van der Waals surface area contributed by atoms with Crippen LogP contribution in [0.4, 0.5) is 15.8 Å². The number of rotatable bonds is 5. The number of nitrogens with one attached hydrogen (secondary N) is 1. The second-order valence-corrected chi connectivity index (χ2v) is 9.26. The summed E-state index contributed by atoms with van der Waals surface area (Å²) < 4.78 is 47.9. The molecule has 0 spiro atoms. The highest BCUT2D eigenvalue weighted by Gasteiger charge is 2.24. The molecule has 0 aliphatic carbocycles. The summed E-state index contributed by atoms with van der Waals surface area (Å²) in [6, 6.07) is 8.15. The predicted molar refractivity (Wildman–Crippen MR) is 113 cm³/mol. The number of benzene rings is 2. The first-order chi connectivity index (χ1) is 14.3. The van der Waals surface area contributed by atoms with E-state index in [-0.39, 0.29) is 26.2 Å². The zero-order valence-corrected chi connectivity index (χ0v) is 18.5. The Balaban J connectivity index is 2.06. The fourth-order valence-corrected chi connectivity index (χ4v) is 5.34. The summed E-state index contributed by atoms with van der Waals surface area (Å²) in [6.07, 6.45) is 2.85. The molecule has 1 N–H and O–H groups in total. The van der Waals surface area contributed by atoms with Gasteiger partial charge in [0, 0.05) is 23.6 Å². The highest BCUT2D eigenvalue weighted by Crippen LogP contribution is 2.34. The molecule has 2 aromatic carbocycles. The molecule has 30 heavy (non-hydrogen) atoms. The third-order valence-electron chi connectivity index (χ3n) is 4.79. The van der Waals surface area contributed by atoms with Gasteiger partial charge in [0.2, 0.25) is 0 Å². The Morgan fingerprint density at radius 1 is 1.23 bits per heavy atom. The molecule has 0 bridgehead atoms. The smallest absolute Gasteiger partial charge is 0.337 e. The molecule has 0 amide bonds. The van der Waals surface area contributed by atoms with Gasteiger partial charge in [-0.2, -0.15) is 5.26 Å². The van der Waals surface area contributed by atoms with Crippen LogP contribution in [0.2, 0.25) is 0 Å². The maximum Gasteiger partial charge on any atom is 0.337 e. The van der Waals surface area contributed by atoms with Crippen LogP contribution in [0.15, 0.2) is 39.7 Å². The van der Waals surface area contributed by atoms with Crippen LogP contribution in [0.1, 0.15) is 35.2 Å². The lowest BCUT2D eigenvalue weighted by Gasteiger charge is -2.31. The van der Waals surface area contributed by atoms with Gasteiger partial charge in [-0.15, -0.1) is 0 Å². The number of hydrogen-bond donors (Lipinski definition) is 1. The van der Waals surface area contributed by atoms with Crippen molar-refractivity contribution in [3.8, 4) is 6.07 Å². The lowest BCUT2D eigenvalue weighted by atomic mass is 10.1. The first-order valence-corrected chi connectivity index (χ1v) is 11.4. The van der Waals surface area contributed by atoms with Gasteiger partial charge < -0.3 is 9.64 Å². The Kier molecular flexibility index (Phi) is 6.63. The summed E-state index contributed by atoms with van der Waals surface area (Å²) in [4.78, 5) is 13.5. The van der Waals surface area contributed by atoms with Crippen LogP contribution in [-0.4, -0.2) is 34.6 Å². The number of methoxy groups -OCH3 is 1. The number of carbonyl (C=O) groups excluding carboxylic acids is 1. The summed E-state index contributed by atoms with van der Waals surface area (Å²) in [5, 5.41) is 9.19. The first kappa shape index (κ1) is 22.1. The summed E-state index contributed by atoms with van der Waals surface area (Å²) >= 11 is 3.19. The zero-order chi connectivity index (χ0) is 21.9. The van der Waals surface area contributed by atoms with Crippen molar-refractivity contribution in [3.05, 3.63) is 51.7 Å². The minimum atomic E-state index is -4.17. The average molecular weight is 496 g/mol. The van der Waals surface area contributed by atoms with E-state index in [0.29, 0.717) is 18.8 Å². The van der Waals surface area contributed by atoms with Crippen molar-refractivity contribution >= 4 is 43.3 Å². The fourth-order valence-electron chi connectivity index (χ4n) is 3.28. The Morgan fingerprint density at radius 2 is 1.93 bits per heavy atom. The molecule has 1 aliphatic heterocycles. The number of ether oxygens (including phenoxy) is 1. The SMILES string of the molecule is COC(=O)c1ccc(Br)c(S(=O)(=O)Nc2cc(C#N)c(F)cc2N2CCCCC2)c1. The number of nitrogens with zero attached hydrogens (tertiary/aromatic N) is 2. The van der Waals surface area contributed by atoms with Crippen molar-refractivity contribution < 1.29 is 22.3 Å². The van der Waals surface area contributed by atoms with Gasteiger partial charge in [0.1, 0.15) is 16.8 Å². The van der Waals surface area contributed by atoms with Gasteiger partial charge in [-0.1, -0.05) is 0 Å². The maximum atomic E-state index is 14.3. The number of sulfonamides is 1. The highest BCUT2D eigenvalue weighted by molar-refractivity contribution is 9.10. The maximum absolute atomic E-state index is 14.3. The Morgan fingerprint density at radius 3 is 2.57 bits per heavy atom. The van der Waals surface area contributed by atoms with Crippen molar-refractivity contribution in [2.75, 3.05) is 29.8 Å². The molecular weight excluding hydrogens is 477 g/mol. The van der Waals surface area contributed by atoms with E-state index in [4.69, 9.17) is 0 Å². The van der Waals surface area contributed by atoms with Crippen LogP contribution in [0.3, 0.4) is 0 Å². The molecule has 7 nitrogen and oxygen atoms in total. The molecule has 1 aliphatic rings. The number of piperidine rings is 1. The quantitative estimate of drug-likeness (QED) is 0.628. The van der Waals surface area contributed by atoms with Crippen LogP contribution in [0.25, 0.3) is 0 Å². The molecule has 10 heteroatoms. The van der Waals surface area contributed by atoms with Crippen LogP contribution >= 0.6 is 15.9 Å². The number of anilines is 2. The standard InChI is InChI=1S/C20H19BrFN3O4S/c1-29-20(26)13-5-6-15(21)19(10-13)30(27,28)24-17-9-14(12-23)16(22)11-18(17)25-7-3-2-4-8-25/h5-6,9-11,24H,2-4,7-8H2,1H3. The lowest BCUT2D eigenvalue weighted by molar-refractivity contribution is 0.0600. The second kappa shape index (κ2) is 9.02. The van der Waals surface area contributed by atoms with Crippen molar-refractivity contribution in [1.29, 1.82) is 5.26 Å². The Labute approximate surface area is 182 Å². The first-order valence-electron chi connectivity index (χ1n) is 9.16.